The third kappa shape index (κ3) is 3.14. The maximum Gasteiger partial charge on any atom is 0.119 e. The van der Waals surface area contributed by atoms with E-state index in [2.05, 4.69) is 0 Å². The van der Waals surface area contributed by atoms with Crippen LogP contribution in [0.1, 0.15) is 19.3 Å². The fourth-order valence-corrected chi connectivity index (χ4v) is 3.14. The summed E-state index contributed by atoms with van der Waals surface area (Å²) >= 11 is 0. The van der Waals surface area contributed by atoms with Gasteiger partial charge in [0.1, 0.15) is 12.4 Å². The first kappa shape index (κ1) is 13.9. The highest BCUT2D eigenvalue weighted by molar-refractivity contribution is 5.20. The third-order valence-electron chi connectivity index (χ3n) is 4.39. The average Bonchev–Trinajstić information content (AvgIpc) is 2.93. The number of hydrogen-bond donors (Lipinski definition) is 1. The van der Waals surface area contributed by atoms with Gasteiger partial charge in [0.25, 0.3) is 0 Å². The summed E-state index contributed by atoms with van der Waals surface area (Å²) in [4.78, 5) is 0. The first-order chi connectivity index (χ1) is 9.77. The van der Waals surface area contributed by atoms with Crippen molar-refractivity contribution in [3.8, 4) is 5.75 Å². The van der Waals surface area contributed by atoms with Crippen LogP contribution in [0.5, 0.6) is 5.75 Å². The molecule has 2 aliphatic rings. The van der Waals surface area contributed by atoms with E-state index in [9.17, 15) is 0 Å². The zero-order valence-electron chi connectivity index (χ0n) is 11.8. The van der Waals surface area contributed by atoms with E-state index in [4.69, 9.17) is 19.9 Å². The number of hydrogen-bond acceptors (Lipinski definition) is 4. The van der Waals surface area contributed by atoms with E-state index in [0.717, 1.165) is 44.8 Å². The molecule has 0 radical (unpaired) electrons. The van der Waals surface area contributed by atoms with Crippen LogP contribution in [0.25, 0.3) is 0 Å². The van der Waals surface area contributed by atoms with Gasteiger partial charge in [0.05, 0.1) is 12.2 Å². The minimum absolute atomic E-state index is 0.0524. The van der Waals surface area contributed by atoms with Gasteiger partial charge < -0.3 is 19.9 Å². The Labute approximate surface area is 120 Å². The van der Waals surface area contributed by atoms with Crippen LogP contribution in [0.3, 0.4) is 0 Å². The van der Waals surface area contributed by atoms with Crippen LogP contribution in [-0.2, 0) is 9.47 Å². The molecule has 0 bridgehead atoms. The summed E-state index contributed by atoms with van der Waals surface area (Å²) in [6, 6.07) is 9.90. The second kappa shape index (κ2) is 6.12. The van der Waals surface area contributed by atoms with Crippen molar-refractivity contribution in [2.24, 2.45) is 11.7 Å². The molecule has 0 amide bonds. The van der Waals surface area contributed by atoms with Crippen LogP contribution in [-0.4, -0.2) is 38.1 Å². The van der Waals surface area contributed by atoms with Crippen molar-refractivity contribution in [2.45, 2.75) is 30.9 Å². The lowest BCUT2D eigenvalue weighted by molar-refractivity contribution is -0.102. The minimum atomic E-state index is -0.0761. The van der Waals surface area contributed by atoms with Gasteiger partial charge in [-0.1, -0.05) is 18.2 Å². The van der Waals surface area contributed by atoms with E-state index in [1.807, 2.05) is 30.3 Å². The summed E-state index contributed by atoms with van der Waals surface area (Å²) in [6.07, 6.45) is 3.00. The summed E-state index contributed by atoms with van der Waals surface area (Å²) in [5, 5.41) is 0. The number of benzene rings is 1. The molecule has 1 spiro atoms. The van der Waals surface area contributed by atoms with Gasteiger partial charge >= 0.3 is 0 Å². The SMILES string of the molecule is NC(COc1ccccc1)C1CCOC2(CCOC2)C1. The van der Waals surface area contributed by atoms with Gasteiger partial charge in [0.2, 0.25) is 0 Å². The highest BCUT2D eigenvalue weighted by Gasteiger charge is 2.42. The predicted molar refractivity (Wildman–Crippen MR) is 76.8 cm³/mol. The van der Waals surface area contributed by atoms with Crippen molar-refractivity contribution in [2.75, 3.05) is 26.4 Å². The zero-order valence-corrected chi connectivity index (χ0v) is 11.8. The monoisotopic (exact) mass is 277 g/mol. The second-order valence-corrected chi connectivity index (χ2v) is 5.87. The zero-order chi connectivity index (χ0) is 13.8. The standard InChI is InChI=1S/C16H23NO3/c17-15(11-19-14-4-2-1-3-5-14)13-6-8-20-16(10-13)7-9-18-12-16/h1-5,13,15H,6-12,17H2. The highest BCUT2D eigenvalue weighted by Crippen LogP contribution is 2.36. The van der Waals surface area contributed by atoms with Crippen molar-refractivity contribution in [1.82, 2.24) is 0 Å². The first-order valence-corrected chi connectivity index (χ1v) is 7.43. The Morgan fingerprint density at radius 2 is 2.15 bits per heavy atom. The quantitative estimate of drug-likeness (QED) is 0.914. The molecule has 2 saturated heterocycles. The van der Waals surface area contributed by atoms with E-state index >= 15 is 0 Å². The molecule has 2 N–H and O–H groups in total. The molecule has 3 unspecified atom stereocenters. The summed E-state index contributed by atoms with van der Waals surface area (Å²) < 4.78 is 17.2. The topological polar surface area (TPSA) is 53.7 Å². The Kier molecular flexibility index (Phi) is 4.24. The summed E-state index contributed by atoms with van der Waals surface area (Å²) in [5.41, 5.74) is 6.25. The molecular weight excluding hydrogens is 254 g/mol. The Hall–Kier alpha value is -1.10. The molecule has 3 rings (SSSR count). The number of nitrogens with two attached hydrogens (primary N) is 1. The van der Waals surface area contributed by atoms with E-state index in [-0.39, 0.29) is 11.6 Å². The highest BCUT2D eigenvalue weighted by atomic mass is 16.6. The fourth-order valence-electron chi connectivity index (χ4n) is 3.14. The van der Waals surface area contributed by atoms with Gasteiger partial charge in [-0.05, 0) is 30.9 Å². The predicted octanol–water partition coefficient (Wildman–Crippen LogP) is 1.98. The maximum atomic E-state index is 6.33. The molecule has 1 aromatic rings. The van der Waals surface area contributed by atoms with Crippen molar-refractivity contribution < 1.29 is 14.2 Å². The summed E-state index contributed by atoms with van der Waals surface area (Å²) in [5.74, 6) is 1.34. The van der Waals surface area contributed by atoms with Gasteiger partial charge in [-0.15, -0.1) is 0 Å². The van der Waals surface area contributed by atoms with Crippen LogP contribution in [0.2, 0.25) is 0 Å². The molecule has 0 aliphatic carbocycles. The van der Waals surface area contributed by atoms with Gasteiger partial charge in [-0.2, -0.15) is 0 Å². The lowest BCUT2D eigenvalue weighted by Gasteiger charge is -2.39. The number of rotatable bonds is 4. The van der Waals surface area contributed by atoms with Gasteiger partial charge in [-0.25, -0.2) is 0 Å². The van der Waals surface area contributed by atoms with Crippen LogP contribution in [0.4, 0.5) is 0 Å². The van der Waals surface area contributed by atoms with E-state index < -0.39 is 0 Å². The molecule has 2 heterocycles. The largest absolute Gasteiger partial charge is 0.492 e. The van der Waals surface area contributed by atoms with Crippen molar-refractivity contribution in [3.63, 3.8) is 0 Å². The third-order valence-corrected chi connectivity index (χ3v) is 4.39. The van der Waals surface area contributed by atoms with E-state index in [1.54, 1.807) is 0 Å². The van der Waals surface area contributed by atoms with Crippen molar-refractivity contribution in [3.05, 3.63) is 30.3 Å². The lowest BCUT2D eigenvalue weighted by atomic mass is 9.81. The molecule has 0 saturated carbocycles. The molecule has 2 fully saturated rings. The average molecular weight is 277 g/mol. The first-order valence-electron chi connectivity index (χ1n) is 7.43. The molecule has 0 aromatic heterocycles. The Morgan fingerprint density at radius 1 is 1.30 bits per heavy atom. The van der Waals surface area contributed by atoms with Crippen LogP contribution in [0.15, 0.2) is 30.3 Å². The van der Waals surface area contributed by atoms with Gasteiger partial charge in [0, 0.05) is 25.7 Å². The Morgan fingerprint density at radius 3 is 2.90 bits per heavy atom. The molecule has 3 atom stereocenters. The molecule has 2 aliphatic heterocycles. The fraction of sp³-hybridized carbons (Fsp3) is 0.625. The number of ether oxygens (including phenoxy) is 3. The molecule has 110 valence electrons. The van der Waals surface area contributed by atoms with Crippen LogP contribution in [0, 0.1) is 5.92 Å². The van der Waals surface area contributed by atoms with Gasteiger partial charge in [-0.3, -0.25) is 0 Å². The molecular formula is C16H23NO3. The molecule has 4 nitrogen and oxygen atoms in total. The Balaban J connectivity index is 1.53. The normalized spacial score (nSPS) is 31.4. The van der Waals surface area contributed by atoms with Crippen LogP contribution < -0.4 is 10.5 Å². The van der Waals surface area contributed by atoms with E-state index in [1.165, 1.54) is 0 Å². The van der Waals surface area contributed by atoms with Gasteiger partial charge in [0.15, 0.2) is 0 Å². The maximum absolute atomic E-state index is 6.33. The summed E-state index contributed by atoms with van der Waals surface area (Å²) in [6.45, 7) is 2.87. The lowest BCUT2D eigenvalue weighted by Crippen LogP contribution is -2.47. The van der Waals surface area contributed by atoms with E-state index in [0.29, 0.717) is 12.5 Å². The number of para-hydroxylation sites is 1. The molecule has 4 heteroatoms. The van der Waals surface area contributed by atoms with Crippen LogP contribution >= 0.6 is 0 Å². The van der Waals surface area contributed by atoms with Crippen molar-refractivity contribution in [1.29, 1.82) is 0 Å². The second-order valence-electron chi connectivity index (χ2n) is 5.87. The Bertz CT molecular complexity index is 417. The smallest absolute Gasteiger partial charge is 0.119 e. The van der Waals surface area contributed by atoms with Crippen molar-refractivity contribution >= 4 is 0 Å². The summed E-state index contributed by atoms with van der Waals surface area (Å²) in [7, 11) is 0. The molecule has 20 heavy (non-hydrogen) atoms. The molecule has 1 aromatic carbocycles. The minimum Gasteiger partial charge on any atom is -0.492 e.